The Morgan fingerprint density at radius 2 is 1.97 bits per heavy atom. The van der Waals surface area contributed by atoms with Crippen LogP contribution in [0, 0.1) is 17.1 Å². The van der Waals surface area contributed by atoms with Gasteiger partial charge in [-0.3, -0.25) is 0 Å². The number of hydrogen-bond acceptors (Lipinski definition) is 5. The van der Waals surface area contributed by atoms with Crippen LogP contribution in [0.3, 0.4) is 0 Å². The van der Waals surface area contributed by atoms with Crippen molar-refractivity contribution >= 4 is 11.6 Å². The molecule has 1 aliphatic rings. The molecule has 2 aromatic carbocycles. The molecule has 0 amide bonds. The van der Waals surface area contributed by atoms with E-state index in [2.05, 4.69) is 20.5 Å². The Bertz CT molecular complexity index is 951. The van der Waals surface area contributed by atoms with Crippen molar-refractivity contribution in [3.63, 3.8) is 0 Å². The molecule has 2 aromatic rings. The van der Waals surface area contributed by atoms with Crippen LogP contribution < -0.4 is 25.0 Å². The highest BCUT2D eigenvalue weighted by Crippen LogP contribution is 2.30. The molecular weight excluding hydrogens is 397 g/mol. The van der Waals surface area contributed by atoms with E-state index in [-0.39, 0.29) is 12.6 Å². The molecule has 1 atom stereocenters. The normalized spacial score (nSPS) is 16.0. The van der Waals surface area contributed by atoms with E-state index in [9.17, 15) is 4.39 Å². The van der Waals surface area contributed by atoms with Crippen molar-refractivity contribution in [1.82, 2.24) is 10.6 Å². The van der Waals surface area contributed by atoms with Gasteiger partial charge in [-0.2, -0.15) is 5.26 Å². The summed E-state index contributed by atoms with van der Waals surface area (Å²) in [4.78, 5) is 6.80. The molecule has 0 radical (unpaired) electrons. The zero-order chi connectivity index (χ0) is 22.2. The summed E-state index contributed by atoms with van der Waals surface area (Å²) in [5.74, 6) is 1.73. The molecule has 8 heteroatoms. The molecule has 164 valence electrons. The smallest absolute Gasteiger partial charge is 0.191 e. The lowest BCUT2D eigenvalue weighted by molar-refractivity contribution is 0.394. The first-order valence-corrected chi connectivity index (χ1v) is 10.3. The third-order valence-corrected chi connectivity index (χ3v) is 5.16. The van der Waals surface area contributed by atoms with Gasteiger partial charge in [0.1, 0.15) is 17.3 Å². The summed E-state index contributed by atoms with van der Waals surface area (Å²) in [5, 5.41) is 15.5. The average molecular weight is 426 g/mol. The van der Waals surface area contributed by atoms with Crippen LogP contribution in [0.15, 0.2) is 41.4 Å². The molecule has 3 rings (SSSR count). The molecule has 0 aromatic heterocycles. The Morgan fingerprint density at radius 3 is 2.58 bits per heavy atom. The number of anilines is 1. The van der Waals surface area contributed by atoms with Gasteiger partial charge in [0.05, 0.1) is 32.4 Å². The Morgan fingerprint density at radius 1 is 1.23 bits per heavy atom. The highest BCUT2D eigenvalue weighted by Gasteiger charge is 2.24. The number of rotatable bonds is 7. The first-order valence-electron chi connectivity index (χ1n) is 10.3. The Hall–Kier alpha value is -3.47. The maximum absolute atomic E-state index is 14.2. The molecule has 2 N–H and O–H groups in total. The third kappa shape index (κ3) is 5.79. The molecule has 7 nitrogen and oxygen atoms in total. The predicted octanol–water partition coefficient (Wildman–Crippen LogP) is 3.05. The van der Waals surface area contributed by atoms with E-state index in [0.29, 0.717) is 23.6 Å². The average Bonchev–Trinajstić information content (AvgIpc) is 3.26. The summed E-state index contributed by atoms with van der Waals surface area (Å²) < 4.78 is 24.9. The van der Waals surface area contributed by atoms with Crippen molar-refractivity contribution in [2.45, 2.75) is 25.9 Å². The second kappa shape index (κ2) is 10.5. The van der Waals surface area contributed by atoms with Crippen molar-refractivity contribution in [2.24, 2.45) is 4.99 Å². The number of nitrogens with zero attached hydrogens (tertiary/aromatic N) is 3. The minimum atomic E-state index is -0.419. The van der Waals surface area contributed by atoms with Crippen molar-refractivity contribution in [3.05, 3.63) is 53.3 Å². The fraction of sp³-hybridized carbons (Fsp3) is 0.391. The number of guanidine groups is 1. The SMILES string of the molecule is CCNC(=NCc1ccc(C#N)cc1F)NC1CCN(c2cc(OC)cc(OC)c2)C1. The molecule has 1 saturated heterocycles. The van der Waals surface area contributed by atoms with E-state index in [1.54, 1.807) is 26.4 Å². The molecule has 1 fully saturated rings. The lowest BCUT2D eigenvalue weighted by Crippen LogP contribution is -2.44. The van der Waals surface area contributed by atoms with Crippen molar-refractivity contribution < 1.29 is 13.9 Å². The van der Waals surface area contributed by atoms with Crippen LogP contribution in [0.5, 0.6) is 11.5 Å². The number of ether oxygens (including phenoxy) is 2. The van der Waals surface area contributed by atoms with E-state index in [0.717, 1.165) is 36.7 Å². The van der Waals surface area contributed by atoms with Crippen LogP contribution >= 0.6 is 0 Å². The van der Waals surface area contributed by atoms with Gasteiger partial charge >= 0.3 is 0 Å². The number of nitrogens with one attached hydrogen (secondary N) is 2. The van der Waals surface area contributed by atoms with Crippen LogP contribution in [-0.4, -0.2) is 45.9 Å². The maximum atomic E-state index is 14.2. The topological polar surface area (TPSA) is 81.9 Å². The number of benzene rings is 2. The van der Waals surface area contributed by atoms with Crippen molar-refractivity contribution in [1.29, 1.82) is 5.26 Å². The molecule has 1 aliphatic heterocycles. The third-order valence-electron chi connectivity index (χ3n) is 5.16. The molecule has 0 spiro atoms. The van der Waals surface area contributed by atoms with E-state index < -0.39 is 5.82 Å². The zero-order valence-corrected chi connectivity index (χ0v) is 18.1. The van der Waals surface area contributed by atoms with Crippen LogP contribution in [0.1, 0.15) is 24.5 Å². The summed E-state index contributed by atoms with van der Waals surface area (Å²) >= 11 is 0. The molecule has 1 heterocycles. The standard InChI is InChI=1S/C23H28FN5O2/c1-4-26-23(27-14-17-6-5-16(13-25)9-22(17)24)28-18-7-8-29(15-18)19-10-20(30-2)12-21(11-19)31-3/h5-6,9-12,18H,4,7-8,14-15H2,1-3H3,(H2,26,27,28). The van der Waals surface area contributed by atoms with E-state index in [1.165, 1.54) is 6.07 Å². The summed E-state index contributed by atoms with van der Waals surface area (Å²) in [6.07, 6.45) is 0.940. The molecule has 0 saturated carbocycles. The largest absolute Gasteiger partial charge is 0.497 e. The Balaban J connectivity index is 1.66. The fourth-order valence-electron chi connectivity index (χ4n) is 3.51. The number of aliphatic imine (C=N–C) groups is 1. The number of methoxy groups -OCH3 is 2. The lowest BCUT2D eigenvalue weighted by atomic mass is 10.1. The van der Waals surface area contributed by atoms with Crippen molar-refractivity contribution in [2.75, 3.05) is 38.8 Å². The van der Waals surface area contributed by atoms with Gasteiger partial charge in [-0.1, -0.05) is 6.07 Å². The lowest BCUT2D eigenvalue weighted by Gasteiger charge is -2.21. The van der Waals surface area contributed by atoms with Gasteiger partial charge in [-0.25, -0.2) is 9.38 Å². The van der Waals surface area contributed by atoms with E-state index in [1.807, 2.05) is 31.2 Å². The van der Waals surface area contributed by atoms with Gasteiger partial charge in [0.2, 0.25) is 0 Å². The number of nitriles is 1. The summed E-state index contributed by atoms with van der Waals surface area (Å²) in [6, 6.07) is 12.4. The van der Waals surface area contributed by atoms with Gasteiger partial charge in [-0.05, 0) is 25.5 Å². The fourth-order valence-corrected chi connectivity index (χ4v) is 3.51. The summed E-state index contributed by atoms with van der Waals surface area (Å²) in [6.45, 7) is 4.56. The highest BCUT2D eigenvalue weighted by atomic mass is 19.1. The monoisotopic (exact) mass is 425 g/mol. The minimum Gasteiger partial charge on any atom is -0.497 e. The van der Waals surface area contributed by atoms with Gasteiger partial charge in [0.25, 0.3) is 0 Å². The first kappa shape index (κ1) is 22.2. The van der Waals surface area contributed by atoms with Crippen molar-refractivity contribution in [3.8, 4) is 17.6 Å². The van der Waals surface area contributed by atoms with Gasteiger partial charge in [-0.15, -0.1) is 0 Å². The van der Waals surface area contributed by atoms with Gasteiger partial charge in [0.15, 0.2) is 5.96 Å². The summed E-state index contributed by atoms with van der Waals surface area (Å²) in [7, 11) is 3.28. The molecule has 1 unspecified atom stereocenters. The molecule has 0 aliphatic carbocycles. The maximum Gasteiger partial charge on any atom is 0.191 e. The Labute approximate surface area is 182 Å². The van der Waals surface area contributed by atoms with Gasteiger partial charge in [0, 0.05) is 55.1 Å². The predicted molar refractivity (Wildman–Crippen MR) is 119 cm³/mol. The molecular formula is C23H28FN5O2. The van der Waals surface area contributed by atoms with Gasteiger partial charge < -0.3 is 25.0 Å². The Kier molecular flexibility index (Phi) is 7.55. The van der Waals surface area contributed by atoms with E-state index >= 15 is 0 Å². The number of hydrogen-bond donors (Lipinski definition) is 2. The first-order chi connectivity index (χ1) is 15.1. The highest BCUT2D eigenvalue weighted by molar-refractivity contribution is 5.80. The second-order valence-corrected chi connectivity index (χ2v) is 7.26. The van der Waals surface area contributed by atoms with E-state index in [4.69, 9.17) is 14.7 Å². The summed E-state index contributed by atoms with van der Waals surface area (Å²) in [5.41, 5.74) is 1.80. The van der Waals surface area contributed by atoms with Crippen LogP contribution in [0.4, 0.5) is 10.1 Å². The molecule has 31 heavy (non-hydrogen) atoms. The minimum absolute atomic E-state index is 0.191. The number of halogens is 1. The van der Waals surface area contributed by atoms with Crippen LogP contribution in [0.25, 0.3) is 0 Å². The second-order valence-electron chi connectivity index (χ2n) is 7.26. The zero-order valence-electron chi connectivity index (χ0n) is 18.1. The molecule has 0 bridgehead atoms. The quantitative estimate of drug-likeness (QED) is 0.524. The van der Waals surface area contributed by atoms with Crippen LogP contribution in [0.2, 0.25) is 0 Å². The van der Waals surface area contributed by atoms with Crippen LogP contribution in [-0.2, 0) is 6.54 Å².